The van der Waals surface area contributed by atoms with E-state index in [-0.39, 0.29) is 24.4 Å². The quantitative estimate of drug-likeness (QED) is 0.231. The molecule has 0 heterocycles. The Bertz CT molecular complexity index is 804. The summed E-state index contributed by atoms with van der Waals surface area (Å²) in [6.45, 7) is 15.3. The predicted molar refractivity (Wildman–Crippen MR) is 133 cm³/mol. The fourth-order valence-corrected chi connectivity index (χ4v) is 5.83. The maximum absolute atomic E-state index is 13.7. The fraction of sp³-hybridized carbons (Fsp3) is 0.520. The van der Waals surface area contributed by atoms with Gasteiger partial charge in [-0.2, -0.15) is 0 Å². The highest BCUT2D eigenvalue weighted by atomic mass is 31.2. The predicted octanol–water partition coefficient (Wildman–Crippen LogP) is 7.73. The van der Waals surface area contributed by atoms with Crippen LogP contribution in [0.5, 0.6) is 0 Å². The van der Waals surface area contributed by atoms with Crippen molar-refractivity contribution in [2.45, 2.75) is 84.6 Å². The van der Waals surface area contributed by atoms with Gasteiger partial charge in [-0.1, -0.05) is 88.4 Å². The molecule has 0 aromatic heterocycles. The Kier molecular flexibility index (Phi) is 9.89. The first-order valence-electron chi connectivity index (χ1n) is 11.3. The molecule has 0 radical (unpaired) electrons. The first-order chi connectivity index (χ1) is 15.0. The Labute approximate surface area is 195 Å². The maximum Gasteiger partial charge on any atom is 0.475 e. The van der Waals surface area contributed by atoms with E-state index in [1.165, 1.54) is 0 Å². The van der Waals surface area contributed by atoms with Crippen LogP contribution in [0.4, 0.5) is 0 Å². The summed E-state index contributed by atoms with van der Waals surface area (Å²) in [5, 5.41) is 0.0663. The monoisotopic (exact) mass is 478 g/mol. The van der Waals surface area contributed by atoms with Gasteiger partial charge in [0.25, 0.3) is 0 Å². The highest BCUT2D eigenvalue weighted by molar-refractivity contribution is 7.48. The highest BCUT2D eigenvalue weighted by Crippen LogP contribution is 2.53. The minimum absolute atomic E-state index is 0.0663. The van der Waals surface area contributed by atoms with Gasteiger partial charge in [-0.05, 0) is 42.6 Å². The Morgan fingerprint density at radius 3 is 1.69 bits per heavy atom. The molecule has 5 nitrogen and oxygen atoms in total. The Morgan fingerprint density at radius 1 is 0.875 bits per heavy atom. The van der Waals surface area contributed by atoms with Crippen molar-refractivity contribution in [1.82, 2.24) is 0 Å². The largest absolute Gasteiger partial charge is 0.475 e. The lowest BCUT2D eigenvalue weighted by Gasteiger charge is -2.40. The SMILES string of the molecule is CCC(OP(=O)(OCc1ccccc1)OCc1ccccc1)[C@H](C)O[Si](C)(C)C(C)(C)C. The summed E-state index contributed by atoms with van der Waals surface area (Å²) in [5.41, 5.74) is 1.80. The molecule has 2 atom stereocenters. The Hall–Kier alpha value is -1.27. The van der Waals surface area contributed by atoms with Crippen molar-refractivity contribution in [1.29, 1.82) is 0 Å². The van der Waals surface area contributed by atoms with Crippen molar-refractivity contribution >= 4 is 16.1 Å². The molecule has 2 aromatic rings. The molecule has 0 saturated carbocycles. The molecule has 0 amide bonds. The molecule has 1 unspecified atom stereocenters. The minimum Gasteiger partial charge on any atom is -0.412 e. The highest BCUT2D eigenvalue weighted by Gasteiger charge is 2.41. The molecule has 7 heteroatoms. The number of benzene rings is 2. The van der Waals surface area contributed by atoms with E-state index >= 15 is 0 Å². The molecule has 0 aliphatic heterocycles. The fourth-order valence-electron chi connectivity index (χ4n) is 2.93. The summed E-state index contributed by atoms with van der Waals surface area (Å²) in [6.07, 6.45) is -0.0280. The summed E-state index contributed by atoms with van der Waals surface area (Å²) in [5.74, 6) is 0. The molecule has 0 aliphatic rings. The van der Waals surface area contributed by atoms with Gasteiger partial charge in [0.15, 0.2) is 8.32 Å². The van der Waals surface area contributed by atoms with Crippen LogP contribution in [-0.2, 0) is 35.8 Å². The van der Waals surface area contributed by atoms with Crippen molar-refractivity contribution in [2.24, 2.45) is 0 Å². The second kappa shape index (κ2) is 11.7. The van der Waals surface area contributed by atoms with Gasteiger partial charge >= 0.3 is 7.82 Å². The Balaban J connectivity index is 2.15. The summed E-state index contributed by atoms with van der Waals surface area (Å²) in [7, 11) is -5.86. The maximum atomic E-state index is 13.7. The third kappa shape index (κ3) is 8.25. The molecule has 0 fully saturated rings. The van der Waals surface area contributed by atoms with E-state index in [1.807, 2.05) is 74.5 Å². The van der Waals surface area contributed by atoms with E-state index in [9.17, 15) is 4.57 Å². The third-order valence-electron chi connectivity index (χ3n) is 5.94. The van der Waals surface area contributed by atoms with Gasteiger partial charge < -0.3 is 4.43 Å². The van der Waals surface area contributed by atoms with E-state index < -0.39 is 22.2 Å². The van der Waals surface area contributed by atoms with Crippen LogP contribution in [0.25, 0.3) is 0 Å². The number of phosphoric acid groups is 1. The molecule has 0 bridgehead atoms. The van der Waals surface area contributed by atoms with Crippen LogP contribution in [0.3, 0.4) is 0 Å². The first-order valence-corrected chi connectivity index (χ1v) is 15.7. The molecular formula is C25H39O5PSi. The average molecular weight is 479 g/mol. The van der Waals surface area contributed by atoms with E-state index in [4.69, 9.17) is 18.0 Å². The topological polar surface area (TPSA) is 54.0 Å². The van der Waals surface area contributed by atoms with Crippen LogP contribution in [0.1, 0.15) is 52.2 Å². The number of rotatable bonds is 12. The average Bonchev–Trinajstić information content (AvgIpc) is 2.75. The lowest BCUT2D eigenvalue weighted by Crippen LogP contribution is -2.46. The van der Waals surface area contributed by atoms with Gasteiger partial charge in [-0.15, -0.1) is 0 Å². The minimum atomic E-state index is -3.85. The summed E-state index contributed by atoms with van der Waals surface area (Å²) >= 11 is 0. The molecule has 0 aliphatic carbocycles. The normalized spacial score (nSPS) is 14.8. The molecule has 2 rings (SSSR count). The third-order valence-corrected chi connectivity index (χ3v) is 11.9. The smallest absolute Gasteiger partial charge is 0.412 e. The molecule has 2 aromatic carbocycles. The summed E-state index contributed by atoms with van der Waals surface area (Å²) in [4.78, 5) is 0. The van der Waals surface area contributed by atoms with Gasteiger partial charge in [0.1, 0.15) is 0 Å². The van der Waals surface area contributed by atoms with E-state index in [0.29, 0.717) is 6.42 Å². The molecule has 32 heavy (non-hydrogen) atoms. The lowest BCUT2D eigenvalue weighted by molar-refractivity contribution is 0.00977. The first kappa shape index (κ1) is 27.0. The second-order valence-electron chi connectivity index (χ2n) is 9.60. The van der Waals surface area contributed by atoms with E-state index in [1.54, 1.807) is 0 Å². The number of hydrogen-bond acceptors (Lipinski definition) is 5. The van der Waals surface area contributed by atoms with Gasteiger partial charge in [0.2, 0.25) is 0 Å². The van der Waals surface area contributed by atoms with Crippen molar-refractivity contribution < 1.29 is 22.6 Å². The summed E-state index contributed by atoms with van der Waals surface area (Å²) < 4.78 is 37.8. The standard InChI is InChI=1S/C25H39O5PSi/c1-8-24(21(2)30-32(6,7)25(3,4)5)29-31(26,27-19-22-15-11-9-12-16-22)28-20-23-17-13-10-14-18-23/h9-18,21,24H,8,19-20H2,1-7H3/t21-,24?/m0/s1. The molecule has 178 valence electrons. The van der Waals surface area contributed by atoms with E-state index in [0.717, 1.165) is 11.1 Å². The van der Waals surface area contributed by atoms with Crippen LogP contribution in [0.2, 0.25) is 18.1 Å². The number of phosphoric ester groups is 1. The van der Waals surface area contributed by atoms with Crippen molar-refractivity contribution in [2.75, 3.05) is 0 Å². The van der Waals surface area contributed by atoms with Crippen LogP contribution in [-0.4, -0.2) is 20.5 Å². The van der Waals surface area contributed by atoms with Gasteiger partial charge in [-0.3, -0.25) is 13.6 Å². The molecule has 0 N–H and O–H groups in total. The van der Waals surface area contributed by atoms with Crippen molar-refractivity contribution in [3.8, 4) is 0 Å². The zero-order valence-corrected chi connectivity index (χ0v) is 22.4. The van der Waals surface area contributed by atoms with Gasteiger partial charge in [0, 0.05) is 0 Å². The Morgan fingerprint density at radius 2 is 1.31 bits per heavy atom. The summed E-state index contributed by atoms with van der Waals surface area (Å²) in [6, 6.07) is 19.2. The van der Waals surface area contributed by atoms with Gasteiger partial charge in [-0.25, -0.2) is 4.57 Å². The van der Waals surface area contributed by atoms with Crippen molar-refractivity contribution in [3.05, 3.63) is 71.8 Å². The van der Waals surface area contributed by atoms with E-state index in [2.05, 4.69) is 33.9 Å². The van der Waals surface area contributed by atoms with Crippen LogP contribution >= 0.6 is 7.82 Å². The van der Waals surface area contributed by atoms with Crippen molar-refractivity contribution in [3.63, 3.8) is 0 Å². The zero-order valence-electron chi connectivity index (χ0n) is 20.5. The van der Waals surface area contributed by atoms with Gasteiger partial charge in [0.05, 0.1) is 25.4 Å². The molecule has 0 spiro atoms. The molecular weight excluding hydrogens is 439 g/mol. The molecule has 0 saturated heterocycles. The van der Waals surface area contributed by atoms with Crippen LogP contribution in [0.15, 0.2) is 60.7 Å². The lowest BCUT2D eigenvalue weighted by atomic mass is 10.2. The van der Waals surface area contributed by atoms with Crippen LogP contribution in [0, 0.1) is 0 Å². The van der Waals surface area contributed by atoms with Crippen LogP contribution < -0.4 is 0 Å². The second-order valence-corrected chi connectivity index (χ2v) is 16.0. The number of hydrogen-bond donors (Lipinski definition) is 0. The zero-order chi connectivity index (χ0) is 23.8.